The van der Waals surface area contributed by atoms with Crippen LogP contribution in [0.5, 0.6) is 11.5 Å². The number of alkyl halides is 2. The van der Waals surface area contributed by atoms with Gasteiger partial charge in [0.1, 0.15) is 0 Å². The summed E-state index contributed by atoms with van der Waals surface area (Å²) in [4.78, 5) is 2.23. The van der Waals surface area contributed by atoms with Gasteiger partial charge in [-0.1, -0.05) is 0 Å². The predicted octanol–water partition coefficient (Wildman–Crippen LogP) is 2.05. The summed E-state index contributed by atoms with van der Waals surface area (Å²) in [5.74, 6) is 0.474. The zero-order valence-electron chi connectivity index (χ0n) is 11.8. The normalized spacial score (nSPS) is 16.4. The fourth-order valence-electron chi connectivity index (χ4n) is 2.43. The lowest BCUT2D eigenvalue weighted by Crippen LogP contribution is -2.42. The molecule has 2 rings (SSSR count). The molecule has 112 valence electrons. The van der Waals surface area contributed by atoms with Gasteiger partial charge in [0.05, 0.1) is 19.8 Å². The van der Waals surface area contributed by atoms with Crippen LogP contribution in [-0.2, 0) is 6.54 Å². The van der Waals surface area contributed by atoms with Gasteiger partial charge in [-0.25, -0.2) is 8.78 Å². The Kier molecular flexibility index (Phi) is 5.14. The number of methoxy groups -OCH3 is 2. The van der Waals surface area contributed by atoms with E-state index in [1.54, 1.807) is 6.07 Å². The quantitative estimate of drug-likeness (QED) is 0.898. The van der Waals surface area contributed by atoms with Gasteiger partial charge in [-0.15, -0.1) is 0 Å². The minimum absolute atomic E-state index is 0.114. The summed E-state index contributed by atoms with van der Waals surface area (Å²) in [5.41, 5.74) is 0.705. The van der Waals surface area contributed by atoms with Gasteiger partial charge in [0.25, 0.3) is 6.43 Å². The molecule has 1 fully saturated rings. The van der Waals surface area contributed by atoms with E-state index in [0.717, 1.165) is 31.7 Å². The fourth-order valence-corrected chi connectivity index (χ4v) is 2.43. The van der Waals surface area contributed by atoms with Crippen molar-refractivity contribution in [3.63, 3.8) is 0 Å². The van der Waals surface area contributed by atoms with E-state index in [0.29, 0.717) is 12.3 Å². The van der Waals surface area contributed by atoms with E-state index in [1.165, 1.54) is 20.3 Å². The maximum atomic E-state index is 13.1. The molecule has 1 aromatic rings. The lowest BCUT2D eigenvalue weighted by atomic mass is 10.1. The van der Waals surface area contributed by atoms with Crippen molar-refractivity contribution in [1.82, 2.24) is 10.2 Å². The highest BCUT2D eigenvalue weighted by Crippen LogP contribution is 2.38. The number of halogens is 2. The first-order valence-corrected chi connectivity index (χ1v) is 6.61. The molecule has 1 saturated heterocycles. The molecule has 1 aromatic carbocycles. The maximum Gasteiger partial charge on any atom is 0.267 e. The summed E-state index contributed by atoms with van der Waals surface area (Å²) in [6.07, 6.45) is -2.58. The highest BCUT2D eigenvalue weighted by Gasteiger charge is 2.20. The molecule has 6 heteroatoms. The van der Waals surface area contributed by atoms with Crippen LogP contribution in [0.4, 0.5) is 8.78 Å². The molecule has 1 aliphatic rings. The van der Waals surface area contributed by atoms with Crippen LogP contribution >= 0.6 is 0 Å². The fraction of sp³-hybridized carbons (Fsp3) is 0.571. The monoisotopic (exact) mass is 286 g/mol. The Hall–Kier alpha value is -1.40. The maximum absolute atomic E-state index is 13.1. The van der Waals surface area contributed by atoms with Gasteiger partial charge in [-0.2, -0.15) is 0 Å². The summed E-state index contributed by atoms with van der Waals surface area (Å²) < 4.78 is 36.5. The van der Waals surface area contributed by atoms with Crippen molar-refractivity contribution in [1.29, 1.82) is 0 Å². The molecule has 0 atom stereocenters. The first-order chi connectivity index (χ1) is 9.65. The molecule has 1 N–H and O–H groups in total. The highest BCUT2D eigenvalue weighted by molar-refractivity contribution is 5.50. The van der Waals surface area contributed by atoms with Gasteiger partial charge in [0, 0.05) is 32.7 Å². The average molecular weight is 286 g/mol. The number of hydrogen-bond donors (Lipinski definition) is 1. The first kappa shape index (κ1) is 15.0. The first-order valence-electron chi connectivity index (χ1n) is 6.61. The number of ether oxygens (including phenoxy) is 2. The molecule has 1 aliphatic heterocycles. The molecule has 0 aliphatic carbocycles. The molecule has 20 heavy (non-hydrogen) atoms. The van der Waals surface area contributed by atoms with Crippen molar-refractivity contribution >= 4 is 0 Å². The largest absolute Gasteiger partial charge is 0.493 e. The Morgan fingerprint density at radius 1 is 1.20 bits per heavy atom. The van der Waals surface area contributed by atoms with Crippen molar-refractivity contribution in [3.8, 4) is 11.5 Å². The van der Waals surface area contributed by atoms with E-state index in [4.69, 9.17) is 9.47 Å². The Balaban J connectivity index is 2.26. The predicted molar refractivity (Wildman–Crippen MR) is 72.6 cm³/mol. The molecule has 0 saturated carbocycles. The minimum Gasteiger partial charge on any atom is -0.493 e. The van der Waals surface area contributed by atoms with E-state index in [-0.39, 0.29) is 11.3 Å². The molecule has 0 amide bonds. The van der Waals surface area contributed by atoms with Crippen LogP contribution < -0.4 is 14.8 Å². The topological polar surface area (TPSA) is 33.7 Å². The van der Waals surface area contributed by atoms with Crippen molar-refractivity contribution in [2.45, 2.75) is 13.0 Å². The molecule has 0 aromatic heterocycles. The van der Waals surface area contributed by atoms with E-state index in [2.05, 4.69) is 10.2 Å². The number of benzene rings is 1. The van der Waals surface area contributed by atoms with E-state index < -0.39 is 6.43 Å². The molecule has 1 heterocycles. The number of piperazine rings is 1. The highest BCUT2D eigenvalue weighted by atomic mass is 19.3. The number of hydrogen-bond acceptors (Lipinski definition) is 4. The van der Waals surface area contributed by atoms with Crippen LogP contribution in [0, 0.1) is 0 Å². The molecule has 0 unspecified atom stereocenters. The molecule has 0 radical (unpaired) electrons. The minimum atomic E-state index is -2.58. The Morgan fingerprint density at radius 2 is 1.90 bits per heavy atom. The van der Waals surface area contributed by atoms with Crippen LogP contribution in [0.2, 0.25) is 0 Å². The van der Waals surface area contributed by atoms with Crippen molar-refractivity contribution in [3.05, 3.63) is 23.3 Å². The van der Waals surface area contributed by atoms with E-state index >= 15 is 0 Å². The standard InChI is InChI=1S/C14H20F2N2O2/c1-19-12-8-10(9-18-5-3-17-4-6-18)7-11(14(15)16)13(12)20-2/h7-8,14,17H,3-6,9H2,1-2H3. The molecular weight excluding hydrogens is 266 g/mol. The summed E-state index contributed by atoms with van der Waals surface area (Å²) in [5, 5.41) is 3.26. The van der Waals surface area contributed by atoms with Crippen molar-refractivity contribution in [2.24, 2.45) is 0 Å². The van der Waals surface area contributed by atoms with Gasteiger partial charge in [-0.3, -0.25) is 4.90 Å². The smallest absolute Gasteiger partial charge is 0.267 e. The van der Waals surface area contributed by atoms with Crippen LogP contribution in [0.25, 0.3) is 0 Å². The van der Waals surface area contributed by atoms with Crippen LogP contribution in [-0.4, -0.2) is 45.3 Å². The van der Waals surface area contributed by atoms with Crippen LogP contribution in [0.15, 0.2) is 12.1 Å². The molecular formula is C14H20F2N2O2. The van der Waals surface area contributed by atoms with Crippen molar-refractivity contribution < 1.29 is 18.3 Å². The zero-order valence-corrected chi connectivity index (χ0v) is 11.8. The Labute approximate surface area is 117 Å². The third-order valence-electron chi connectivity index (χ3n) is 3.42. The third-order valence-corrected chi connectivity index (χ3v) is 3.42. The Morgan fingerprint density at radius 3 is 2.45 bits per heavy atom. The number of nitrogens with one attached hydrogen (secondary N) is 1. The second-order valence-corrected chi connectivity index (χ2v) is 4.75. The van der Waals surface area contributed by atoms with E-state index in [9.17, 15) is 8.78 Å². The van der Waals surface area contributed by atoms with Crippen LogP contribution in [0.1, 0.15) is 17.6 Å². The summed E-state index contributed by atoms with van der Waals surface area (Å²) in [6, 6.07) is 3.28. The van der Waals surface area contributed by atoms with Gasteiger partial charge in [0.15, 0.2) is 11.5 Å². The molecule has 0 spiro atoms. The molecule has 4 nitrogen and oxygen atoms in total. The lowest BCUT2D eigenvalue weighted by Gasteiger charge is -2.27. The van der Waals surface area contributed by atoms with Gasteiger partial charge in [0.2, 0.25) is 0 Å². The SMILES string of the molecule is COc1cc(CN2CCNCC2)cc(C(F)F)c1OC. The number of nitrogens with zero attached hydrogens (tertiary/aromatic N) is 1. The van der Waals surface area contributed by atoms with Gasteiger partial charge < -0.3 is 14.8 Å². The zero-order chi connectivity index (χ0) is 14.5. The summed E-state index contributed by atoms with van der Waals surface area (Å²) >= 11 is 0. The molecule has 0 bridgehead atoms. The lowest BCUT2D eigenvalue weighted by molar-refractivity contribution is 0.145. The second kappa shape index (κ2) is 6.85. The van der Waals surface area contributed by atoms with E-state index in [1.807, 2.05) is 0 Å². The number of rotatable bonds is 5. The van der Waals surface area contributed by atoms with Gasteiger partial charge >= 0.3 is 0 Å². The summed E-state index contributed by atoms with van der Waals surface area (Å²) in [6.45, 7) is 4.32. The Bertz CT molecular complexity index is 449. The second-order valence-electron chi connectivity index (χ2n) is 4.75. The summed E-state index contributed by atoms with van der Waals surface area (Å²) in [7, 11) is 2.83. The van der Waals surface area contributed by atoms with Gasteiger partial charge in [-0.05, 0) is 17.7 Å². The average Bonchev–Trinajstić information content (AvgIpc) is 2.47. The third kappa shape index (κ3) is 3.37. The van der Waals surface area contributed by atoms with Crippen molar-refractivity contribution in [2.75, 3.05) is 40.4 Å². The van der Waals surface area contributed by atoms with Crippen LogP contribution in [0.3, 0.4) is 0 Å².